The molecule has 108 valence electrons. The first-order chi connectivity index (χ1) is 9.50. The minimum atomic E-state index is 0.549. The van der Waals surface area contributed by atoms with Crippen molar-refractivity contribution in [3.63, 3.8) is 0 Å². The summed E-state index contributed by atoms with van der Waals surface area (Å²) in [7, 11) is 2.19. The van der Waals surface area contributed by atoms with E-state index in [2.05, 4.69) is 44.8 Å². The van der Waals surface area contributed by atoms with Gasteiger partial charge in [-0.2, -0.15) is 0 Å². The van der Waals surface area contributed by atoms with E-state index in [-0.39, 0.29) is 0 Å². The molecule has 20 heavy (non-hydrogen) atoms. The summed E-state index contributed by atoms with van der Waals surface area (Å²) in [5, 5.41) is 5.73. The summed E-state index contributed by atoms with van der Waals surface area (Å²) in [6, 6.07) is 0. The molecular weight excluding hydrogens is 248 g/mol. The van der Waals surface area contributed by atoms with E-state index in [9.17, 15) is 0 Å². The normalized spacial score (nSPS) is 18.1. The minimum Gasteiger partial charge on any atom is -0.356 e. The Balaban J connectivity index is 2.14. The van der Waals surface area contributed by atoms with Crippen LogP contribution in [0.3, 0.4) is 0 Å². The fourth-order valence-electron chi connectivity index (χ4n) is 3.40. The predicted molar refractivity (Wildman–Crippen MR) is 82.4 cm³/mol. The Morgan fingerprint density at radius 1 is 0.950 bits per heavy atom. The number of piperidine rings is 1. The summed E-state index contributed by atoms with van der Waals surface area (Å²) in [6.45, 7) is 11.1. The average Bonchev–Trinajstić information content (AvgIpc) is 2.88. The largest absolute Gasteiger partial charge is 0.356 e. The molecule has 0 unspecified atom stereocenters. The van der Waals surface area contributed by atoms with Gasteiger partial charge in [0.1, 0.15) is 0 Å². The minimum absolute atomic E-state index is 0.549. The molecule has 0 saturated carbocycles. The monoisotopic (exact) mass is 272 g/mol. The third kappa shape index (κ3) is 1.96. The first-order valence-electron chi connectivity index (χ1n) is 7.55. The van der Waals surface area contributed by atoms with Crippen LogP contribution in [-0.4, -0.2) is 30.2 Å². The lowest BCUT2D eigenvalue weighted by Crippen LogP contribution is -2.29. The molecule has 0 atom stereocenters. The van der Waals surface area contributed by atoms with Crippen molar-refractivity contribution in [2.75, 3.05) is 20.1 Å². The maximum Gasteiger partial charge on any atom is 0.170 e. The van der Waals surface area contributed by atoms with Crippen molar-refractivity contribution in [3.05, 3.63) is 27.9 Å². The van der Waals surface area contributed by atoms with E-state index in [1.165, 1.54) is 46.2 Å². The molecule has 1 aliphatic heterocycles. The number of hydrogen-bond donors (Lipinski definition) is 0. The smallest absolute Gasteiger partial charge is 0.170 e. The van der Waals surface area contributed by atoms with Gasteiger partial charge in [-0.1, -0.05) is 5.16 Å². The summed E-state index contributed by atoms with van der Waals surface area (Å²) in [4.78, 5) is 2.40. The van der Waals surface area contributed by atoms with E-state index in [1.54, 1.807) is 0 Å². The lowest BCUT2D eigenvalue weighted by atomic mass is 9.88. The first-order valence-corrected chi connectivity index (χ1v) is 7.55. The standard InChI is InChI=1S/C17H24N2O/c1-10-11(2)13(4)17-15(12(10)3)16(18-20-17)14-6-8-19(5)9-7-14/h14H,6-9H2,1-5H3. The molecule has 3 heteroatoms. The van der Waals surface area contributed by atoms with Crippen LogP contribution in [0.1, 0.15) is 46.7 Å². The highest BCUT2D eigenvalue weighted by Gasteiger charge is 2.26. The van der Waals surface area contributed by atoms with Crippen LogP contribution >= 0.6 is 0 Å². The summed E-state index contributed by atoms with van der Waals surface area (Å²) < 4.78 is 5.71. The van der Waals surface area contributed by atoms with E-state index >= 15 is 0 Å². The van der Waals surface area contributed by atoms with E-state index < -0.39 is 0 Å². The summed E-state index contributed by atoms with van der Waals surface area (Å²) in [5.41, 5.74) is 7.50. The van der Waals surface area contributed by atoms with Gasteiger partial charge in [0.05, 0.1) is 5.69 Å². The summed E-state index contributed by atoms with van der Waals surface area (Å²) in [5.74, 6) is 0.549. The molecule has 1 aliphatic rings. The number of benzene rings is 1. The Morgan fingerprint density at radius 2 is 1.55 bits per heavy atom. The van der Waals surface area contributed by atoms with Crippen LogP contribution in [-0.2, 0) is 0 Å². The number of nitrogens with zero attached hydrogens (tertiary/aromatic N) is 2. The second-order valence-corrected chi connectivity index (χ2v) is 6.35. The molecule has 0 N–H and O–H groups in total. The number of rotatable bonds is 1. The van der Waals surface area contributed by atoms with Crippen LogP contribution in [0.4, 0.5) is 0 Å². The second kappa shape index (κ2) is 4.88. The third-order valence-corrected chi connectivity index (χ3v) is 5.23. The topological polar surface area (TPSA) is 29.3 Å². The van der Waals surface area contributed by atoms with Gasteiger partial charge in [0.2, 0.25) is 0 Å². The highest BCUT2D eigenvalue weighted by atomic mass is 16.5. The van der Waals surface area contributed by atoms with E-state index in [0.29, 0.717) is 5.92 Å². The molecule has 2 heterocycles. The van der Waals surface area contributed by atoms with Crippen LogP contribution in [0.15, 0.2) is 4.52 Å². The molecule has 1 saturated heterocycles. The SMILES string of the molecule is Cc1c(C)c(C)c2c(C3CCN(C)CC3)noc2c1C. The molecule has 2 aromatic rings. The van der Waals surface area contributed by atoms with E-state index in [1.807, 2.05) is 0 Å². The van der Waals surface area contributed by atoms with Gasteiger partial charge in [-0.25, -0.2) is 0 Å². The van der Waals surface area contributed by atoms with Crippen LogP contribution in [0, 0.1) is 27.7 Å². The number of hydrogen-bond acceptors (Lipinski definition) is 3. The molecule has 0 bridgehead atoms. The Hall–Kier alpha value is -1.35. The zero-order valence-corrected chi connectivity index (χ0v) is 13.2. The zero-order valence-electron chi connectivity index (χ0n) is 13.2. The van der Waals surface area contributed by atoms with Crippen LogP contribution in [0.2, 0.25) is 0 Å². The molecule has 1 aromatic carbocycles. The lowest BCUT2D eigenvalue weighted by molar-refractivity contribution is 0.250. The fraction of sp³-hybridized carbons (Fsp3) is 0.588. The fourth-order valence-corrected chi connectivity index (χ4v) is 3.40. The number of aryl methyl sites for hydroxylation is 2. The van der Waals surface area contributed by atoms with Gasteiger partial charge in [0, 0.05) is 11.3 Å². The molecule has 0 spiro atoms. The zero-order chi connectivity index (χ0) is 14.4. The van der Waals surface area contributed by atoms with Crippen molar-refractivity contribution in [1.82, 2.24) is 10.1 Å². The van der Waals surface area contributed by atoms with E-state index in [4.69, 9.17) is 4.52 Å². The second-order valence-electron chi connectivity index (χ2n) is 6.35. The molecular formula is C17H24N2O. The van der Waals surface area contributed by atoms with Gasteiger partial charge in [-0.05, 0) is 82.9 Å². The molecule has 3 rings (SSSR count). The quantitative estimate of drug-likeness (QED) is 0.789. The van der Waals surface area contributed by atoms with Crippen molar-refractivity contribution in [2.24, 2.45) is 0 Å². The van der Waals surface area contributed by atoms with Crippen LogP contribution in [0.5, 0.6) is 0 Å². The van der Waals surface area contributed by atoms with Crippen molar-refractivity contribution in [2.45, 2.75) is 46.5 Å². The Labute approximate surface area is 120 Å². The summed E-state index contributed by atoms with van der Waals surface area (Å²) in [6.07, 6.45) is 2.37. The average molecular weight is 272 g/mol. The number of likely N-dealkylation sites (tertiary alicyclic amines) is 1. The first kappa shape index (κ1) is 13.6. The van der Waals surface area contributed by atoms with Crippen LogP contribution < -0.4 is 0 Å². The van der Waals surface area contributed by atoms with Gasteiger partial charge in [-0.15, -0.1) is 0 Å². The van der Waals surface area contributed by atoms with Crippen molar-refractivity contribution >= 4 is 11.0 Å². The third-order valence-electron chi connectivity index (χ3n) is 5.23. The number of fused-ring (bicyclic) bond motifs is 1. The number of aromatic nitrogens is 1. The van der Waals surface area contributed by atoms with Crippen LogP contribution in [0.25, 0.3) is 11.0 Å². The molecule has 1 fully saturated rings. The van der Waals surface area contributed by atoms with Gasteiger partial charge < -0.3 is 9.42 Å². The van der Waals surface area contributed by atoms with Gasteiger partial charge in [0.25, 0.3) is 0 Å². The van der Waals surface area contributed by atoms with Gasteiger partial charge in [-0.3, -0.25) is 0 Å². The Morgan fingerprint density at radius 3 is 2.20 bits per heavy atom. The van der Waals surface area contributed by atoms with Crippen molar-refractivity contribution in [1.29, 1.82) is 0 Å². The van der Waals surface area contributed by atoms with Gasteiger partial charge >= 0.3 is 0 Å². The maximum atomic E-state index is 5.71. The molecule has 1 aromatic heterocycles. The molecule has 3 nitrogen and oxygen atoms in total. The van der Waals surface area contributed by atoms with Crippen molar-refractivity contribution < 1.29 is 4.52 Å². The maximum absolute atomic E-state index is 5.71. The molecule has 0 amide bonds. The van der Waals surface area contributed by atoms with Gasteiger partial charge in [0.15, 0.2) is 5.58 Å². The predicted octanol–water partition coefficient (Wildman–Crippen LogP) is 3.87. The summed E-state index contributed by atoms with van der Waals surface area (Å²) >= 11 is 0. The van der Waals surface area contributed by atoms with Crippen molar-refractivity contribution in [3.8, 4) is 0 Å². The highest BCUT2D eigenvalue weighted by molar-refractivity contribution is 5.88. The Kier molecular flexibility index (Phi) is 3.33. The molecule has 0 radical (unpaired) electrons. The highest BCUT2D eigenvalue weighted by Crippen LogP contribution is 2.37. The lowest BCUT2D eigenvalue weighted by Gasteiger charge is -2.28. The Bertz CT molecular complexity index is 649. The van der Waals surface area contributed by atoms with E-state index in [0.717, 1.165) is 18.7 Å². The molecule has 0 aliphatic carbocycles.